The fraction of sp³-hybridized carbons (Fsp3) is 0.409. The molecule has 0 spiro atoms. The quantitative estimate of drug-likeness (QED) is 0.831. The Morgan fingerprint density at radius 1 is 1.07 bits per heavy atom. The van der Waals surface area contributed by atoms with E-state index in [1.54, 1.807) is 13.2 Å². The van der Waals surface area contributed by atoms with Gasteiger partial charge in [-0.05, 0) is 42.7 Å². The van der Waals surface area contributed by atoms with E-state index in [2.05, 4.69) is 46.3 Å². The van der Waals surface area contributed by atoms with Crippen LogP contribution in [0.3, 0.4) is 0 Å². The standard InChI is InChI=1S/C22H29N3O3/c1-17-6-4-5-7-19(17)25-14-12-24(13-15-25)11-10-18-8-9-20(21(16-18)27-3)28-22(26)23-2/h4-9,16H,10-15H2,1-3H3,(H,23,26). The first kappa shape index (κ1) is 20.0. The number of rotatable bonds is 6. The first-order valence-corrected chi connectivity index (χ1v) is 9.70. The Kier molecular flexibility index (Phi) is 6.76. The molecule has 6 heteroatoms. The molecule has 1 amide bonds. The number of carbonyl (C=O) groups excluding carboxylic acids is 1. The molecule has 0 aliphatic carbocycles. The molecule has 6 nitrogen and oxygen atoms in total. The average Bonchev–Trinajstić information content (AvgIpc) is 2.73. The minimum absolute atomic E-state index is 0.428. The molecule has 1 saturated heterocycles. The van der Waals surface area contributed by atoms with E-state index >= 15 is 0 Å². The fourth-order valence-electron chi connectivity index (χ4n) is 3.52. The fourth-order valence-corrected chi connectivity index (χ4v) is 3.52. The van der Waals surface area contributed by atoms with Gasteiger partial charge in [0.2, 0.25) is 0 Å². The van der Waals surface area contributed by atoms with Crippen molar-refractivity contribution in [2.24, 2.45) is 0 Å². The monoisotopic (exact) mass is 383 g/mol. The number of anilines is 1. The van der Waals surface area contributed by atoms with Gasteiger partial charge in [0.05, 0.1) is 7.11 Å². The van der Waals surface area contributed by atoms with E-state index in [1.807, 2.05) is 12.1 Å². The van der Waals surface area contributed by atoms with Gasteiger partial charge in [-0.3, -0.25) is 4.90 Å². The number of carbonyl (C=O) groups is 1. The zero-order valence-corrected chi connectivity index (χ0v) is 16.9. The summed E-state index contributed by atoms with van der Waals surface area (Å²) in [6.07, 6.45) is 0.429. The topological polar surface area (TPSA) is 54.0 Å². The number of nitrogens with zero attached hydrogens (tertiary/aromatic N) is 2. The van der Waals surface area contributed by atoms with E-state index in [1.165, 1.54) is 23.9 Å². The highest BCUT2D eigenvalue weighted by molar-refractivity contribution is 5.71. The highest BCUT2D eigenvalue weighted by atomic mass is 16.6. The van der Waals surface area contributed by atoms with Gasteiger partial charge in [0.1, 0.15) is 0 Å². The van der Waals surface area contributed by atoms with E-state index in [0.29, 0.717) is 11.5 Å². The number of methoxy groups -OCH3 is 1. The Morgan fingerprint density at radius 3 is 2.50 bits per heavy atom. The van der Waals surface area contributed by atoms with Crippen LogP contribution in [0.15, 0.2) is 42.5 Å². The zero-order chi connectivity index (χ0) is 19.9. The molecule has 150 valence electrons. The third-order valence-corrected chi connectivity index (χ3v) is 5.18. The molecule has 28 heavy (non-hydrogen) atoms. The summed E-state index contributed by atoms with van der Waals surface area (Å²) in [7, 11) is 3.11. The van der Waals surface area contributed by atoms with Crippen molar-refractivity contribution in [1.29, 1.82) is 0 Å². The van der Waals surface area contributed by atoms with Crippen molar-refractivity contribution < 1.29 is 14.3 Å². The number of piperazine rings is 1. The van der Waals surface area contributed by atoms with E-state index in [4.69, 9.17) is 9.47 Å². The molecule has 1 heterocycles. The van der Waals surface area contributed by atoms with Crippen molar-refractivity contribution in [3.8, 4) is 11.5 Å². The van der Waals surface area contributed by atoms with Crippen LogP contribution in [0, 0.1) is 6.92 Å². The minimum Gasteiger partial charge on any atom is -0.493 e. The first-order valence-electron chi connectivity index (χ1n) is 9.70. The van der Waals surface area contributed by atoms with Crippen LogP contribution in [0.4, 0.5) is 10.5 Å². The van der Waals surface area contributed by atoms with E-state index in [9.17, 15) is 4.79 Å². The van der Waals surface area contributed by atoms with Gasteiger partial charge in [-0.25, -0.2) is 4.79 Å². The molecule has 0 unspecified atom stereocenters. The van der Waals surface area contributed by atoms with Crippen LogP contribution in [0.25, 0.3) is 0 Å². The van der Waals surface area contributed by atoms with Crippen molar-refractivity contribution in [1.82, 2.24) is 10.2 Å². The zero-order valence-electron chi connectivity index (χ0n) is 16.9. The van der Waals surface area contributed by atoms with Crippen molar-refractivity contribution >= 4 is 11.8 Å². The number of hydrogen-bond donors (Lipinski definition) is 1. The molecule has 0 atom stereocenters. The predicted molar refractivity (Wildman–Crippen MR) is 112 cm³/mol. The molecule has 1 fully saturated rings. The SMILES string of the molecule is CNC(=O)Oc1ccc(CCN2CCN(c3ccccc3C)CC2)cc1OC. The van der Waals surface area contributed by atoms with E-state index in [0.717, 1.165) is 39.1 Å². The lowest BCUT2D eigenvalue weighted by atomic mass is 10.1. The van der Waals surface area contributed by atoms with Crippen LogP contribution < -0.4 is 19.7 Å². The number of ether oxygens (including phenoxy) is 2. The average molecular weight is 383 g/mol. The number of nitrogens with one attached hydrogen (secondary N) is 1. The second-order valence-electron chi connectivity index (χ2n) is 6.99. The summed E-state index contributed by atoms with van der Waals surface area (Å²) in [6.45, 7) is 7.39. The van der Waals surface area contributed by atoms with Gasteiger partial charge in [-0.15, -0.1) is 0 Å². The maximum Gasteiger partial charge on any atom is 0.412 e. The van der Waals surface area contributed by atoms with E-state index in [-0.39, 0.29) is 0 Å². The van der Waals surface area contributed by atoms with Gasteiger partial charge in [0, 0.05) is 45.5 Å². The molecule has 0 aromatic heterocycles. The third-order valence-electron chi connectivity index (χ3n) is 5.18. The maximum atomic E-state index is 11.4. The Balaban J connectivity index is 1.52. The Hall–Kier alpha value is -2.73. The molecule has 0 radical (unpaired) electrons. The summed E-state index contributed by atoms with van der Waals surface area (Å²) in [4.78, 5) is 16.4. The smallest absolute Gasteiger partial charge is 0.412 e. The van der Waals surface area contributed by atoms with Crippen LogP contribution >= 0.6 is 0 Å². The van der Waals surface area contributed by atoms with Gasteiger partial charge < -0.3 is 19.7 Å². The normalized spacial score (nSPS) is 14.6. The van der Waals surface area contributed by atoms with Gasteiger partial charge in [0.25, 0.3) is 0 Å². The highest BCUT2D eigenvalue weighted by Gasteiger charge is 2.18. The van der Waals surface area contributed by atoms with Crippen LogP contribution in [0.2, 0.25) is 0 Å². The van der Waals surface area contributed by atoms with Gasteiger partial charge in [-0.1, -0.05) is 24.3 Å². The molecule has 2 aromatic rings. The molecule has 0 saturated carbocycles. The van der Waals surface area contributed by atoms with Crippen LogP contribution in [-0.4, -0.2) is 57.9 Å². The van der Waals surface area contributed by atoms with E-state index < -0.39 is 6.09 Å². The summed E-state index contributed by atoms with van der Waals surface area (Å²) in [5.74, 6) is 1.00. The molecule has 1 aliphatic rings. The number of benzene rings is 2. The summed E-state index contributed by atoms with van der Waals surface area (Å²) in [5, 5.41) is 2.44. The number of amides is 1. The molecule has 1 N–H and O–H groups in total. The summed E-state index contributed by atoms with van der Waals surface area (Å²) in [6, 6.07) is 14.3. The third kappa shape index (κ3) is 4.95. The van der Waals surface area contributed by atoms with Gasteiger partial charge in [0.15, 0.2) is 11.5 Å². The summed E-state index contributed by atoms with van der Waals surface area (Å²) in [5.41, 5.74) is 3.85. The Labute approximate surface area is 167 Å². The number of aryl methyl sites for hydroxylation is 1. The summed E-state index contributed by atoms with van der Waals surface area (Å²) < 4.78 is 10.6. The van der Waals surface area contributed by atoms with Crippen molar-refractivity contribution in [2.45, 2.75) is 13.3 Å². The molecular formula is C22H29N3O3. The maximum absolute atomic E-state index is 11.4. The molecular weight excluding hydrogens is 354 g/mol. The highest BCUT2D eigenvalue weighted by Crippen LogP contribution is 2.28. The lowest BCUT2D eigenvalue weighted by molar-refractivity contribution is 0.201. The van der Waals surface area contributed by atoms with Gasteiger partial charge in [-0.2, -0.15) is 0 Å². The lowest BCUT2D eigenvalue weighted by Gasteiger charge is -2.36. The van der Waals surface area contributed by atoms with Crippen LogP contribution in [-0.2, 0) is 6.42 Å². The first-order chi connectivity index (χ1) is 13.6. The van der Waals surface area contributed by atoms with Crippen molar-refractivity contribution in [3.05, 3.63) is 53.6 Å². The van der Waals surface area contributed by atoms with Crippen molar-refractivity contribution in [2.75, 3.05) is 51.8 Å². The van der Waals surface area contributed by atoms with Crippen molar-refractivity contribution in [3.63, 3.8) is 0 Å². The number of hydrogen-bond acceptors (Lipinski definition) is 5. The second kappa shape index (κ2) is 9.46. The molecule has 2 aromatic carbocycles. The largest absolute Gasteiger partial charge is 0.493 e. The molecule has 1 aliphatic heterocycles. The lowest BCUT2D eigenvalue weighted by Crippen LogP contribution is -2.47. The minimum atomic E-state index is -0.502. The predicted octanol–water partition coefficient (Wildman–Crippen LogP) is 3.09. The van der Waals surface area contributed by atoms with Crippen LogP contribution in [0.1, 0.15) is 11.1 Å². The Bertz CT molecular complexity index is 801. The second-order valence-corrected chi connectivity index (χ2v) is 6.99. The molecule has 0 bridgehead atoms. The number of para-hydroxylation sites is 1. The van der Waals surface area contributed by atoms with Crippen LogP contribution in [0.5, 0.6) is 11.5 Å². The summed E-state index contributed by atoms with van der Waals surface area (Å²) >= 11 is 0. The molecule has 3 rings (SSSR count). The Morgan fingerprint density at radius 2 is 1.82 bits per heavy atom. The van der Waals surface area contributed by atoms with Gasteiger partial charge >= 0.3 is 6.09 Å².